The molecule has 196 valence electrons. The predicted molar refractivity (Wildman–Crippen MR) is 148 cm³/mol. The summed E-state index contributed by atoms with van der Waals surface area (Å²) < 4.78 is 18.5. The third-order valence-corrected chi connectivity index (χ3v) is 6.51. The molecule has 4 rings (SSSR count). The highest BCUT2D eigenvalue weighted by atomic mass is 32.2. The van der Waals surface area contributed by atoms with Gasteiger partial charge in [0.05, 0.1) is 26.2 Å². The van der Waals surface area contributed by atoms with Gasteiger partial charge in [0.25, 0.3) is 5.91 Å². The van der Waals surface area contributed by atoms with Crippen molar-refractivity contribution in [1.29, 1.82) is 0 Å². The molecule has 10 heteroatoms. The van der Waals surface area contributed by atoms with Gasteiger partial charge in [-0.15, -0.1) is 10.2 Å². The molecule has 1 N–H and O–H groups in total. The van der Waals surface area contributed by atoms with Gasteiger partial charge in [0, 0.05) is 12.1 Å². The largest absolute Gasteiger partial charge is 0.497 e. The van der Waals surface area contributed by atoms with E-state index in [1.165, 1.54) is 11.8 Å². The molecule has 0 atom stereocenters. The molecule has 4 aromatic rings. The summed E-state index contributed by atoms with van der Waals surface area (Å²) in [5, 5.41) is 13.3. The van der Waals surface area contributed by atoms with Crippen LogP contribution in [-0.4, -0.2) is 46.9 Å². The average Bonchev–Trinajstić information content (AvgIpc) is 3.38. The molecule has 0 saturated heterocycles. The van der Waals surface area contributed by atoms with E-state index in [2.05, 4.69) is 20.7 Å². The topological polar surface area (TPSA) is 99.9 Å². The van der Waals surface area contributed by atoms with Crippen LogP contribution in [0.25, 0.3) is 11.4 Å². The minimum absolute atomic E-state index is 0.146. The molecule has 1 aromatic heterocycles. The first-order valence-electron chi connectivity index (χ1n) is 12.0. The van der Waals surface area contributed by atoms with Crippen molar-refractivity contribution in [1.82, 2.24) is 20.2 Å². The summed E-state index contributed by atoms with van der Waals surface area (Å²) in [4.78, 5) is 12.4. The lowest BCUT2D eigenvalue weighted by Gasteiger charge is -2.11. The Hall–Kier alpha value is -4.31. The molecule has 0 aliphatic heterocycles. The molecule has 0 aliphatic carbocycles. The number of thioether (sulfide) groups is 1. The first-order chi connectivity index (χ1) is 18.6. The third-order valence-electron chi connectivity index (χ3n) is 5.54. The number of ether oxygens (including phenoxy) is 3. The number of rotatable bonds is 12. The molecule has 38 heavy (non-hydrogen) atoms. The highest BCUT2D eigenvalue weighted by Crippen LogP contribution is 2.28. The number of nitrogens with one attached hydrogen (secondary N) is 1. The van der Waals surface area contributed by atoms with Crippen molar-refractivity contribution < 1.29 is 19.0 Å². The Morgan fingerprint density at radius 1 is 1.00 bits per heavy atom. The zero-order valence-electron chi connectivity index (χ0n) is 21.5. The highest BCUT2D eigenvalue weighted by molar-refractivity contribution is 7.99. The molecule has 0 aliphatic rings. The maximum Gasteiger partial charge on any atom is 0.250 e. The Balaban J connectivity index is 1.31. The van der Waals surface area contributed by atoms with Crippen LogP contribution in [-0.2, 0) is 17.9 Å². The summed E-state index contributed by atoms with van der Waals surface area (Å²) in [6.45, 7) is 3.12. The fourth-order valence-corrected chi connectivity index (χ4v) is 4.39. The first kappa shape index (κ1) is 26.7. The molecule has 0 bridgehead atoms. The number of aromatic nitrogens is 3. The number of methoxy groups -OCH3 is 2. The maximum atomic E-state index is 12.4. The summed E-state index contributed by atoms with van der Waals surface area (Å²) in [5.74, 6) is 2.61. The molecular formula is C28H29N5O4S. The van der Waals surface area contributed by atoms with Crippen LogP contribution in [0.1, 0.15) is 18.1 Å². The van der Waals surface area contributed by atoms with E-state index < -0.39 is 0 Å². The fraction of sp³-hybridized carbons (Fsp3) is 0.214. The van der Waals surface area contributed by atoms with E-state index in [9.17, 15) is 4.79 Å². The van der Waals surface area contributed by atoms with Crippen LogP contribution in [0.3, 0.4) is 0 Å². The number of benzene rings is 3. The van der Waals surface area contributed by atoms with Crippen LogP contribution in [0, 0.1) is 0 Å². The van der Waals surface area contributed by atoms with E-state index >= 15 is 0 Å². The molecule has 0 spiro atoms. The van der Waals surface area contributed by atoms with Gasteiger partial charge in [0.2, 0.25) is 0 Å². The van der Waals surface area contributed by atoms with Crippen molar-refractivity contribution in [2.75, 3.05) is 20.0 Å². The molecule has 3 aromatic carbocycles. The van der Waals surface area contributed by atoms with Crippen molar-refractivity contribution in [2.24, 2.45) is 5.10 Å². The predicted octanol–water partition coefficient (Wildman–Crippen LogP) is 4.80. The average molecular weight is 532 g/mol. The second kappa shape index (κ2) is 13.3. The quantitative estimate of drug-likeness (QED) is 0.159. The fourth-order valence-electron chi connectivity index (χ4n) is 3.59. The lowest BCUT2D eigenvalue weighted by molar-refractivity contribution is -0.118. The Kier molecular flexibility index (Phi) is 9.36. The van der Waals surface area contributed by atoms with Gasteiger partial charge in [-0.2, -0.15) is 5.10 Å². The highest BCUT2D eigenvalue weighted by Gasteiger charge is 2.14. The number of amides is 1. The number of hydrazone groups is 1. The van der Waals surface area contributed by atoms with Crippen molar-refractivity contribution in [3.05, 3.63) is 83.9 Å². The molecule has 0 fully saturated rings. The zero-order chi connectivity index (χ0) is 26.7. The molecule has 0 unspecified atom stereocenters. The summed E-state index contributed by atoms with van der Waals surface area (Å²) in [5.41, 5.74) is 5.30. The summed E-state index contributed by atoms with van der Waals surface area (Å²) in [6.07, 6.45) is 1.56. The number of hydrogen-bond acceptors (Lipinski definition) is 8. The lowest BCUT2D eigenvalue weighted by Crippen LogP contribution is -2.20. The number of carbonyl (C=O) groups excluding carboxylic acids is 1. The van der Waals surface area contributed by atoms with Crippen molar-refractivity contribution in [3.63, 3.8) is 0 Å². The summed E-state index contributed by atoms with van der Waals surface area (Å²) in [6, 6.07) is 23.0. The van der Waals surface area contributed by atoms with Crippen molar-refractivity contribution >= 4 is 23.9 Å². The van der Waals surface area contributed by atoms with E-state index in [0.717, 1.165) is 28.3 Å². The van der Waals surface area contributed by atoms with Gasteiger partial charge >= 0.3 is 0 Å². The smallest absolute Gasteiger partial charge is 0.250 e. The minimum atomic E-state index is -0.252. The van der Waals surface area contributed by atoms with Crippen LogP contribution < -0.4 is 19.6 Å². The van der Waals surface area contributed by atoms with Gasteiger partial charge in [-0.1, -0.05) is 42.1 Å². The minimum Gasteiger partial charge on any atom is -0.497 e. The van der Waals surface area contributed by atoms with E-state index in [-0.39, 0.29) is 11.7 Å². The van der Waals surface area contributed by atoms with Gasteiger partial charge in [-0.3, -0.25) is 4.79 Å². The monoisotopic (exact) mass is 531 g/mol. The normalized spacial score (nSPS) is 10.9. The molecular weight excluding hydrogens is 502 g/mol. The van der Waals surface area contributed by atoms with E-state index in [1.54, 1.807) is 26.5 Å². The van der Waals surface area contributed by atoms with Crippen LogP contribution in [0.2, 0.25) is 0 Å². The SMILES string of the molecule is CCn1c(SCC(=O)N/N=C\c2ccc(OCc3ccccc3)c(OC)c2)nnc1-c1ccc(OC)cc1. The van der Waals surface area contributed by atoms with Crippen LogP contribution in [0.15, 0.2) is 83.1 Å². The van der Waals surface area contributed by atoms with Gasteiger partial charge in [0.15, 0.2) is 22.5 Å². The third kappa shape index (κ3) is 6.92. The van der Waals surface area contributed by atoms with Crippen LogP contribution >= 0.6 is 11.8 Å². The molecule has 1 amide bonds. The first-order valence-corrected chi connectivity index (χ1v) is 13.0. The standard InChI is InChI=1S/C28H29N5O4S/c1-4-33-27(22-11-13-23(35-2)14-12-22)31-32-28(33)38-19-26(34)30-29-17-21-10-15-24(25(16-21)36-3)37-18-20-8-6-5-7-9-20/h5-17H,4,18-19H2,1-3H3,(H,30,34)/b29-17-. The Labute approximate surface area is 225 Å². The van der Waals surface area contributed by atoms with Gasteiger partial charge in [-0.25, -0.2) is 5.43 Å². The molecule has 1 heterocycles. The Morgan fingerprint density at radius 3 is 2.50 bits per heavy atom. The Morgan fingerprint density at radius 2 is 1.79 bits per heavy atom. The van der Waals surface area contributed by atoms with Crippen LogP contribution in [0.4, 0.5) is 0 Å². The van der Waals surface area contributed by atoms with Crippen molar-refractivity contribution in [2.45, 2.75) is 25.2 Å². The van der Waals surface area contributed by atoms with Gasteiger partial charge in [0.1, 0.15) is 12.4 Å². The Bertz CT molecular complexity index is 1370. The number of carbonyl (C=O) groups is 1. The van der Waals surface area contributed by atoms with E-state index in [0.29, 0.717) is 29.8 Å². The lowest BCUT2D eigenvalue weighted by atomic mass is 10.2. The summed E-state index contributed by atoms with van der Waals surface area (Å²) >= 11 is 1.30. The van der Waals surface area contributed by atoms with E-state index in [1.807, 2.05) is 78.2 Å². The maximum absolute atomic E-state index is 12.4. The van der Waals surface area contributed by atoms with E-state index in [4.69, 9.17) is 14.2 Å². The van der Waals surface area contributed by atoms with Crippen molar-refractivity contribution in [3.8, 4) is 28.6 Å². The molecule has 0 radical (unpaired) electrons. The second-order valence-corrected chi connectivity index (χ2v) is 8.99. The second-order valence-electron chi connectivity index (χ2n) is 8.05. The van der Waals surface area contributed by atoms with Crippen LogP contribution in [0.5, 0.6) is 17.2 Å². The zero-order valence-corrected chi connectivity index (χ0v) is 22.3. The summed E-state index contributed by atoms with van der Waals surface area (Å²) in [7, 11) is 3.21. The molecule has 0 saturated carbocycles. The molecule has 9 nitrogen and oxygen atoms in total. The number of nitrogens with zero attached hydrogens (tertiary/aromatic N) is 4. The van der Waals surface area contributed by atoms with Gasteiger partial charge in [-0.05, 0) is 60.5 Å². The number of hydrogen-bond donors (Lipinski definition) is 1. The van der Waals surface area contributed by atoms with Gasteiger partial charge < -0.3 is 18.8 Å².